The van der Waals surface area contributed by atoms with Gasteiger partial charge in [-0.25, -0.2) is 8.42 Å². The van der Waals surface area contributed by atoms with E-state index in [1.807, 2.05) is 38.1 Å². The van der Waals surface area contributed by atoms with Crippen molar-refractivity contribution in [2.24, 2.45) is 0 Å². The maximum Gasteiger partial charge on any atom is 0.264 e. The molecule has 3 rings (SSSR count). The summed E-state index contributed by atoms with van der Waals surface area (Å²) in [6, 6.07) is 19.6. The second-order valence-electron chi connectivity index (χ2n) is 8.85. The third kappa shape index (κ3) is 6.90. The minimum atomic E-state index is -4.16. The number of para-hydroxylation sites is 1. The molecule has 0 bridgehead atoms. The molecule has 0 aliphatic carbocycles. The Hall–Kier alpha value is -3.36. The van der Waals surface area contributed by atoms with Gasteiger partial charge in [-0.1, -0.05) is 71.3 Å². The van der Waals surface area contributed by atoms with Crippen LogP contribution in [0.25, 0.3) is 0 Å². The molecule has 0 aliphatic heterocycles. The van der Waals surface area contributed by atoms with Crippen LogP contribution in [0.4, 0.5) is 5.69 Å². The van der Waals surface area contributed by atoms with Crippen LogP contribution in [0.2, 0.25) is 5.02 Å². The van der Waals surface area contributed by atoms with Crippen LogP contribution < -0.4 is 9.62 Å². The normalized spacial score (nSPS) is 12.0. The van der Waals surface area contributed by atoms with Crippen molar-refractivity contribution >= 4 is 39.1 Å². The Kier molecular flexibility index (Phi) is 9.34. The molecule has 9 heteroatoms. The summed E-state index contributed by atoms with van der Waals surface area (Å²) in [7, 11) is -4.16. The van der Waals surface area contributed by atoms with Crippen molar-refractivity contribution in [3.63, 3.8) is 0 Å². The Morgan fingerprint density at radius 1 is 0.919 bits per heavy atom. The minimum absolute atomic E-state index is 0.0349. The lowest BCUT2D eigenvalue weighted by atomic mass is 10.1. The molecule has 0 heterocycles. The number of nitrogens with one attached hydrogen (secondary N) is 1. The van der Waals surface area contributed by atoms with Crippen LogP contribution in [0.3, 0.4) is 0 Å². The van der Waals surface area contributed by atoms with E-state index >= 15 is 0 Å². The molecular weight excluding hydrogens is 510 g/mol. The van der Waals surface area contributed by atoms with Crippen LogP contribution >= 0.6 is 11.6 Å². The summed E-state index contributed by atoms with van der Waals surface area (Å²) in [6.45, 7) is 7.26. The van der Waals surface area contributed by atoms with E-state index in [9.17, 15) is 18.0 Å². The van der Waals surface area contributed by atoms with Crippen molar-refractivity contribution in [2.75, 3.05) is 17.4 Å². The van der Waals surface area contributed by atoms with E-state index in [1.165, 1.54) is 17.0 Å². The summed E-state index contributed by atoms with van der Waals surface area (Å²) in [4.78, 5) is 28.0. The third-order valence-corrected chi connectivity index (χ3v) is 8.09. The fourth-order valence-corrected chi connectivity index (χ4v) is 5.52. The van der Waals surface area contributed by atoms with Crippen molar-refractivity contribution in [2.45, 2.75) is 45.2 Å². The van der Waals surface area contributed by atoms with Gasteiger partial charge in [-0.3, -0.25) is 13.9 Å². The molecule has 3 aromatic carbocycles. The molecule has 2 amide bonds. The number of sulfonamides is 1. The van der Waals surface area contributed by atoms with E-state index in [0.717, 1.165) is 21.0 Å². The van der Waals surface area contributed by atoms with E-state index < -0.39 is 28.5 Å². The van der Waals surface area contributed by atoms with Crippen molar-refractivity contribution in [1.82, 2.24) is 10.2 Å². The number of anilines is 1. The molecule has 37 heavy (non-hydrogen) atoms. The average molecular weight is 542 g/mol. The molecule has 196 valence electrons. The van der Waals surface area contributed by atoms with Gasteiger partial charge < -0.3 is 10.2 Å². The summed E-state index contributed by atoms with van der Waals surface area (Å²) in [6.07, 6.45) is 0. The number of rotatable bonds is 10. The number of amides is 2. The lowest BCUT2D eigenvalue weighted by Crippen LogP contribution is -2.51. The molecule has 0 spiro atoms. The highest BCUT2D eigenvalue weighted by atomic mass is 35.5. The molecule has 0 fully saturated rings. The molecule has 0 saturated heterocycles. The van der Waals surface area contributed by atoms with Crippen molar-refractivity contribution in [1.29, 1.82) is 0 Å². The first-order valence-electron chi connectivity index (χ1n) is 12.0. The Morgan fingerprint density at radius 3 is 2.05 bits per heavy atom. The molecule has 0 aromatic heterocycles. The first-order chi connectivity index (χ1) is 17.5. The van der Waals surface area contributed by atoms with Gasteiger partial charge in [0.1, 0.15) is 12.6 Å². The number of hydrogen-bond acceptors (Lipinski definition) is 4. The van der Waals surface area contributed by atoms with Gasteiger partial charge in [-0.2, -0.15) is 0 Å². The van der Waals surface area contributed by atoms with Crippen molar-refractivity contribution < 1.29 is 18.0 Å². The van der Waals surface area contributed by atoms with Gasteiger partial charge in [-0.05, 0) is 57.5 Å². The maximum absolute atomic E-state index is 13.8. The number of aryl methyl sites for hydroxylation is 2. The van der Waals surface area contributed by atoms with Crippen LogP contribution in [0, 0.1) is 13.8 Å². The molecule has 0 aliphatic rings. The Morgan fingerprint density at radius 2 is 1.49 bits per heavy atom. The number of nitrogens with zero attached hydrogens (tertiary/aromatic N) is 2. The highest BCUT2D eigenvalue weighted by Crippen LogP contribution is 2.30. The molecule has 1 unspecified atom stereocenters. The van der Waals surface area contributed by atoms with Gasteiger partial charge in [0, 0.05) is 13.1 Å². The van der Waals surface area contributed by atoms with Crippen molar-refractivity contribution in [3.8, 4) is 0 Å². The number of benzene rings is 3. The van der Waals surface area contributed by atoms with Gasteiger partial charge >= 0.3 is 0 Å². The number of halogens is 1. The number of likely N-dealkylation sites (N-methyl/N-ethyl adjacent to an activating group) is 1. The van der Waals surface area contributed by atoms with Crippen LogP contribution in [-0.4, -0.2) is 44.3 Å². The van der Waals surface area contributed by atoms with Crippen LogP contribution in [0.5, 0.6) is 0 Å². The summed E-state index contributed by atoms with van der Waals surface area (Å²) < 4.78 is 28.6. The van der Waals surface area contributed by atoms with Gasteiger partial charge in [0.15, 0.2) is 0 Å². The van der Waals surface area contributed by atoms with E-state index in [2.05, 4.69) is 5.32 Å². The number of carbonyl (C=O) groups is 2. The first-order valence-corrected chi connectivity index (χ1v) is 13.8. The molecule has 0 radical (unpaired) electrons. The van der Waals surface area contributed by atoms with E-state index in [1.54, 1.807) is 50.2 Å². The summed E-state index contributed by atoms with van der Waals surface area (Å²) in [5.74, 6) is -0.858. The summed E-state index contributed by atoms with van der Waals surface area (Å²) in [5, 5.41) is 2.93. The standard InChI is InChI=1S/C28H32ClN3O4S/c1-5-30-28(34)22(4)31(18-23-14-10-20(2)11-15-23)27(33)19-32(26-9-7-6-8-25(26)29)37(35,36)24-16-12-21(3)13-17-24/h6-17,22H,5,18-19H2,1-4H3,(H,30,34). The van der Waals surface area contributed by atoms with Crippen molar-refractivity contribution in [3.05, 3.63) is 94.5 Å². The topological polar surface area (TPSA) is 86.8 Å². The zero-order valence-electron chi connectivity index (χ0n) is 21.4. The molecular formula is C28H32ClN3O4S. The second kappa shape index (κ2) is 12.3. The SMILES string of the molecule is CCNC(=O)C(C)N(Cc1ccc(C)cc1)C(=O)CN(c1ccccc1Cl)S(=O)(=O)c1ccc(C)cc1. The fourth-order valence-electron chi connectivity index (χ4n) is 3.80. The molecule has 0 saturated carbocycles. The number of carbonyl (C=O) groups excluding carboxylic acids is 2. The predicted octanol–water partition coefficient (Wildman–Crippen LogP) is 4.71. The van der Waals surface area contributed by atoms with Gasteiger partial charge in [0.2, 0.25) is 11.8 Å². The molecule has 1 N–H and O–H groups in total. The predicted molar refractivity (Wildman–Crippen MR) is 147 cm³/mol. The van der Waals surface area contributed by atoms with Crippen LogP contribution in [0.15, 0.2) is 77.7 Å². The Bertz CT molecular complexity index is 1340. The highest BCUT2D eigenvalue weighted by Gasteiger charge is 2.33. The number of hydrogen-bond donors (Lipinski definition) is 1. The Balaban J connectivity index is 2.03. The summed E-state index contributed by atoms with van der Waals surface area (Å²) >= 11 is 6.40. The quantitative estimate of drug-likeness (QED) is 0.403. The first kappa shape index (κ1) is 28.2. The lowest BCUT2D eigenvalue weighted by molar-refractivity contribution is -0.139. The highest BCUT2D eigenvalue weighted by molar-refractivity contribution is 7.92. The molecule has 3 aromatic rings. The van der Waals surface area contributed by atoms with E-state index in [-0.39, 0.29) is 28.1 Å². The molecule has 1 atom stereocenters. The second-order valence-corrected chi connectivity index (χ2v) is 11.1. The monoisotopic (exact) mass is 541 g/mol. The van der Waals surface area contributed by atoms with Gasteiger partial charge in [-0.15, -0.1) is 0 Å². The molecule has 7 nitrogen and oxygen atoms in total. The average Bonchev–Trinajstić information content (AvgIpc) is 2.87. The third-order valence-electron chi connectivity index (χ3n) is 6.00. The van der Waals surface area contributed by atoms with Crippen LogP contribution in [-0.2, 0) is 26.2 Å². The summed E-state index contributed by atoms with van der Waals surface area (Å²) in [5.41, 5.74) is 2.96. The van der Waals surface area contributed by atoms with E-state index in [4.69, 9.17) is 11.6 Å². The lowest BCUT2D eigenvalue weighted by Gasteiger charge is -2.32. The van der Waals surface area contributed by atoms with Crippen LogP contribution in [0.1, 0.15) is 30.5 Å². The van der Waals surface area contributed by atoms with Gasteiger partial charge in [0.05, 0.1) is 15.6 Å². The van der Waals surface area contributed by atoms with E-state index in [0.29, 0.717) is 6.54 Å². The zero-order chi connectivity index (χ0) is 27.2. The smallest absolute Gasteiger partial charge is 0.264 e. The minimum Gasteiger partial charge on any atom is -0.355 e. The van der Waals surface area contributed by atoms with Gasteiger partial charge in [0.25, 0.3) is 10.0 Å². The Labute approximate surface area is 224 Å². The fraction of sp³-hybridized carbons (Fsp3) is 0.286. The largest absolute Gasteiger partial charge is 0.355 e. The maximum atomic E-state index is 13.8. The zero-order valence-corrected chi connectivity index (χ0v) is 23.0.